The standard InChI is InChI=1S/C15H24.C10H18O/c1-13-7-5-8-14(2)10-12-15(3,4)11-6-9-13;1-5-10(4,11)8-6-7-9(2)3/h6-7,10-11H,5,8-9,12H2,1-4H3;5,7,11H,1,6,8H2,2-4H3/b11-6+,13-7+,14-10+;. The Bertz CT molecular complexity index is 535. The van der Waals surface area contributed by atoms with Crippen molar-refractivity contribution in [2.24, 2.45) is 5.41 Å². The first-order valence-electron chi connectivity index (χ1n) is 9.96. The van der Waals surface area contributed by atoms with Gasteiger partial charge >= 0.3 is 0 Å². The summed E-state index contributed by atoms with van der Waals surface area (Å²) >= 11 is 0. The maximum atomic E-state index is 9.49. The van der Waals surface area contributed by atoms with Crippen molar-refractivity contribution in [1.29, 1.82) is 0 Å². The van der Waals surface area contributed by atoms with Crippen LogP contribution in [0, 0.1) is 5.41 Å². The molecule has 1 aliphatic rings. The Kier molecular flexibility index (Phi) is 11.5. The lowest BCUT2D eigenvalue weighted by atomic mass is 9.87. The van der Waals surface area contributed by atoms with Crippen molar-refractivity contribution in [3.05, 3.63) is 59.8 Å². The zero-order valence-electron chi connectivity index (χ0n) is 18.4. The van der Waals surface area contributed by atoms with E-state index in [1.165, 1.54) is 29.6 Å². The molecule has 0 aromatic carbocycles. The van der Waals surface area contributed by atoms with Gasteiger partial charge in [-0.15, -0.1) is 6.58 Å². The fourth-order valence-corrected chi connectivity index (χ4v) is 2.56. The molecule has 0 saturated carbocycles. The highest BCUT2D eigenvalue weighted by molar-refractivity contribution is 5.12. The average molecular weight is 359 g/mol. The molecule has 1 unspecified atom stereocenters. The average Bonchev–Trinajstić information content (AvgIpc) is 2.54. The summed E-state index contributed by atoms with van der Waals surface area (Å²) in [5.41, 5.74) is 3.93. The lowest BCUT2D eigenvalue weighted by molar-refractivity contribution is 0.103. The molecule has 0 aliphatic heterocycles. The van der Waals surface area contributed by atoms with E-state index in [0.29, 0.717) is 5.41 Å². The van der Waals surface area contributed by atoms with Gasteiger partial charge in [0.25, 0.3) is 0 Å². The maximum absolute atomic E-state index is 9.49. The number of aliphatic hydroxyl groups is 1. The first-order chi connectivity index (χ1) is 12.0. The minimum Gasteiger partial charge on any atom is -0.386 e. The van der Waals surface area contributed by atoms with E-state index in [1.54, 1.807) is 13.0 Å². The van der Waals surface area contributed by atoms with E-state index in [1.807, 2.05) is 0 Å². The normalized spacial score (nSPS) is 24.8. The van der Waals surface area contributed by atoms with Crippen LogP contribution in [0.4, 0.5) is 0 Å². The Balaban J connectivity index is 0.000000508. The molecule has 1 N–H and O–H groups in total. The first kappa shape index (κ1) is 24.7. The van der Waals surface area contributed by atoms with Crippen molar-refractivity contribution >= 4 is 0 Å². The van der Waals surface area contributed by atoms with Gasteiger partial charge in [-0.2, -0.15) is 0 Å². The van der Waals surface area contributed by atoms with Gasteiger partial charge in [-0.1, -0.05) is 67.0 Å². The Morgan fingerprint density at radius 3 is 2.46 bits per heavy atom. The van der Waals surface area contributed by atoms with Gasteiger partial charge in [0.1, 0.15) is 0 Å². The van der Waals surface area contributed by atoms with E-state index >= 15 is 0 Å². The molecule has 1 atom stereocenters. The highest BCUT2D eigenvalue weighted by Gasteiger charge is 2.13. The molecule has 0 saturated heterocycles. The number of rotatable bonds is 4. The summed E-state index contributed by atoms with van der Waals surface area (Å²) in [6, 6.07) is 0. The molecule has 0 bridgehead atoms. The largest absolute Gasteiger partial charge is 0.386 e. The predicted molar refractivity (Wildman–Crippen MR) is 118 cm³/mol. The maximum Gasteiger partial charge on any atom is 0.0800 e. The number of hydrogen-bond acceptors (Lipinski definition) is 1. The van der Waals surface area contributed by atoms with Gasteiger partial charge in [0, 0.05) is 0 Å². The summed E-state index contributed by atoms with van der Waals surface area (Å²) in [6.45, 7) is 18.6. The molecule has 1 nitrogen and oxygen atoms in total. The Morgan fingerprint density at radius 2 is 1.88 bits per heavy atom. The smallest absolute Gasteiger partial charge is 0.0800 e. The summed E-state index contributed by atoms with van der Waals surface area (Å²) in [6.07, 6.45) is 19.5. The van der Waals surface area contributed by atoms with E-state index in [4.69, 9.17) is 0 Å². The minimum absolute atomic E-state index is 0.311. The van der Waals surface area contributed by atoms with Crippen LogP contribution in [-0.4, -0.2) is 10.7 Å². The van der Waals surface area contributed by atoms with Gasteiger partial charge < -0.3 is 5.11 Å². The fourth-order valence-electron chi connectivity index (χ4n) is 2.56. The summed E-state index contributed by atoms with van der Waals surface area (Å²) in [4.78, 5) is 0. The molecule has 0 heterocycles. The lowest BCUT2D eigenvalue weighted by Gasteiger charge is -2.18. The molecule has 0 aromatic heterocycles. The van der Waals surface area contributed by atoms with E-state index in [0.717, 1.165) is 25.7 Å². The van der Waals surface area contributed by atoms with Crippen molar-refractivity contribution in [2.75, 3.05) is 0 Å². The monoisotopic (exact) mass is 358 g/mol. The van der Waals surface area contributed by atoms with Crippen LogP contribution in [0.1, 0.15) is 87.0 Å². The van der Waals surface area contributed by atoms with Crippen molar-refractivity contribution in [3.63, 3.8) is 0 Å². The van der Waals surface area contributed by atoms with Crippen molar-refractivity contribution in [1.82, 2.24) is 0 Å². The SMILES string of the molecule is C/C1=C\CC/C(C)=C/CC(C)(C)/C=C/C1.C=CC(C)(O)CCC=C(C)C. The van der Waals surface area contributed by atoms with E-state index < -0.39 is 5.60 Å². The first-order valence-corrected chi connectivity index (χ1v) is 9.96. The second-order valence-electron chi connectivity index (χ2n) is 8.82. The highest BCUT2D eigenvalue weighted by Crippen LogP contribution is 2.25. The van der Waals surface area contributed by atoms with Crippen LogP contribution in [0.25, 0.3) is 0 Å². The third-order valence-electron chi connectivity index (χ3n) is 4.66. The van der Waals surface area contributed by atoms with Crippen LogP contribution >= 0.6 is 0 Å². The van der Waals surface area contributed by atoms with E-state index in [-0.39, 0.29) is 0 Å². The predicted octanol–water partition coefficient (Wildman–Crippen LogP) is 7.71. The lowest BCUT2D eigenvalue weighted by Crippen LogP contribution is -2.19. The van der Waals surface area contributed by atoms with E-state index in [9.17, 15) is 5.11 Å². The summed E-state index contributed by atoms with van der Waals surface area (Å²) < 4.78 is 0. The zero-order valence-corrected chi connectivity index (χ0v) is 18.4. The molecule has 1 heteroatoms. The molecular formula is C25H42O. The minimum atomic E-state index is -0.702. The molecular weight excluding hydrogens is 316 g/mol. The third kappa shape index (κ3) is 13.9. The van der Waals surface area contributed by atoms with Crippen LogP contribution in [0.15, 0.2) is 59.8 Å². The van der Waals surface area contributed by atoms with Crippen LogP contribution in [0.2, 0.25) is 0 Å². The fraction of sp³-hybridized carbons (Fsp3) is 0.600. The quantitative estimate of drug-likeness (QED) is 0.510. The molecule has 148 valence electrons. The molecule has 0 fully saturated rings. The number of hydrogen-bond donors (Lipinski definition) is 1. The summed E-state index contributed by atoms with van der Waals surface area (Å²) in [7, 11) is 0. The Labute approximate surface area is 163 Å². The van der Waals surface area contributed by atoms with Crippen molar-refractivity contribution in [3.8, 4) is 0 Å². The molecule has 1 rings (SSSR count). The third-order valence-corrected chi connectivity index (χ3v) is 4.66. The van der Waals surface area contributed by atoms with Crippen molar-refractivity contribution < 1.29 is 5.11 Å². The van der Waals surface area contributed by atoms with E-state index in [2.05, 4.69) is 78.5 Å². The van der Waals surface area contributed by atoms with Gasteiger partial charge in [-0.05, 0) is 78.6 Å². The molecule has 26 heavy (non-hydrogen) atoms. The van der Waals surface area contributed by atoms with Crippen LogP contribution in [0.3, 0.4) is 0 Å². The molecule has 0 radical (unpaired) electrons. The second kappa shape index (κ2) is 12.1. The second-order valence-corrected chi connectivity index (χ2v) is 8.82. The Hall–Kier alpha value is -1.34. The Morgan fingerprint density at radius 1 is 1.23 bits per heavy atom. The van der Waals surface area contributed by atoms with Gasteiger partial charge in [0.2, 0.25) is 0 Å². The van der Waals surface area contributed by atoms with Crippen LogP contribution in [-0.2, 0) is 0 Å². The van der Waals surface area contributed by atoms with Gasteiger partial charge in [-0.3, -0.25) is 0 Å². The summed E-state index contributed by atoms with van der Waals surface area (Å²) in [5.74, 6) is 0. The summed E-state index contributed by atoms with van der Waals surface area (Å²) in [5, 5.41) is 9.49. The number of allylic oxidation sites excluding steroid dienone is 8. The molecule has 1 aliphatic carbocycles. The van der Waals surface area contributed by atoms with Gasteiger partial charge in [0.15, 0.2) is 0 Å². The highest BCUT2D eigenvalue weighted by atomic mass is 16.3. The van der Waals surface area contributed by atoms with Crippen LogP contribution < -0.4 is 0 Å². The van der Waals surface area contributed by atoms with Crippen molar-refractivity contribution in [2.45, 2.75) is 92.6 Å². The van der Waals surface area contributed by atoms with Crippen LogP contribution in [0.5, 0.6) is 0 Å². The topological polar surface area (TPSA) is 20.2 Å². The van der Waals surface area contributed by atoms with Gasteiger partial charge in [0.05, 0.1) is 5.60 Å². The molecule has 0 aromatic rings. The van der Waals surface area contributed by atoms with Gasteiger partial charge in [-0.25, -0.2) is 0 Å². The molecule has 0 spiro atoms. The zero-order chi connectivity index (χ0) is 20.2. The molecule has 0 amide bonds.